The fourth-order valence-electron chi connectivity index (χ4n) is 1.47. The molecule has 1 aromatic carbocycles. The van der Waals surface area contributed by atoms with E-state index in [1.54, 1.807) is 6.07 Å². The lowest BCUT2D eigenvalue weighted by molar-refractivity contribution is 0.0586. The van der Waals surface area contributed by atoms with Gasteiger partial charge in [0.15, 0.2) is 0 Å². The van der Waals surface area contributed by atoms with E-state index in [1.165, 1.54) is 0 Å². The number of halogens is 1. The van der Waals surface area contributed by atoms with Gasteiger partial charge in [-0.25, -0.2) is 0 Å². The largest absolute Gasteiger partial charge is 0.391 e. The molecule has 1 unspecified atom stereocenters. The first kappa shape index (κ1) is 15.2. The molecule has 18 heavy (non-hydrogen) atoms. The van der Waals surface area contributed by atoms with E-state index in [0.29, 0.717) is 5.56 Å². The Labute approximate surface area is 117 Å². The maximum absolute atomic E-state index is 12.0. The third-order valence-corrected chi connectivity index (χ3v) is 3.38. The van der Waals surface area contributed by atoms with E-state index in [4.69, 9.17) is 0 Å². The van der Waals surface area contributed by atoms with Gasteiger partial charge in [-0.15, -0.1) is 0 Å². The fraction of sp³-hybridized carbons (Fsp3) is 0.500. The van der Waals surface area contributed by atoms with E-state index in [2.05, 4.69) is 21.2 Å². The summed E-state index contributed by atoms with van der Waals surface area (Å²) in [5.74, 6) is -0.150. The highest BCUT2D eigenvalue weighted by molar-refractivity contribution is 9.10. The molecule has 0 aliphatic heterocycles. The Bertz CT molecular complexity index is 438. The second kappa shape index (κ2) is 5.85. The number of carbonyl (C=O) groups excluding carboxylic acids is 1. The summed E-state index contributed by atoms with van der Waals surface area (Å²) in [4.78, 5) is 12.0. The molecular weight excluding hydrogens is 294 g/mol. The summed E-state index contributed by atoms with van der Waals surface area (Å²) in [5.41, 5.74) is 1.31. The van der Waals surface area contributed by atoms with Gasteiger partial charge in [0.2, 0.25) is 0 Å². The van der Waals surface area contributed by atoms with Crippen LogP contribution in [0.3, 0.4) is 0 Å². The van der Waals surface area contributed by atoms with E-state index >= 15 is 0 Å². The van der Waals surface area contributed by atoms with E-state index in [0.717, 1.165) is 10.0 Å². The monoisotopic (exact) mass is 313 g/mol. The zero-order chi connectivity index (χ0) is 13.9. The minimum Gasteiger partial charge on any atom is -0.391 e. The standard InChI is InChI=1S/C14H20BrNO2/c1-9-7-10(15)5-6-11(9)13(18)16-8-12(17)14(2,3)4/h5-7,12,17H,8H2,1-4H3,(H,16,18). The summed E-state index contributed by atoms with van der Waals surface area (Å²) in [6.07, 6.45) is -0.558. The van der Waals surface area contributed by atoms with Gasteiger partial charge in [0, 0.05) is 16.6 Å². The molecule has 0 bridgehead atoms. The number of aliphatic hydroxyl groups is 1. The molecule has 100 valence electrons. The summed E-state index contributed by atoms with van der Waals surface area (Å²) in [6.45, 7) is 7.97. The van der Waals surface area contributed by atoms with Gasteiger partial charge in [0.05, 0.1) is 6.10 Å². The highest BCUT2D eigenvalue weighted by Gasteiger charge is 2.22. The second-order valence-corrected chi connectivity index (χ2v) is 6.47. The van der Waals surface area contributed by atoms with Crippen LogP contribution < -0.4 is 5.32 Å². The molecule has 0 aliphatic rings. The van der Waals surface area contributed by atoms with Crippen LogP contribution in [0.25, 0.3) is 0 Å². The van der Waals surface area contributed by atoms with E-state index in [-0.39, 0.29) is 17.9 Å². The first-order chi connectivity index (χ1) is 8.21. The molecule has 1 atom stereocenters. The molecule has 0 saturated carbocycles. The summed E-state index contributed by atoms with van der Waals surface area (Å²) in [6, 6.07) is 5.51. The lowest BCUT2D eigenvalue weighted by Gasteiger charge is -2.26. The van der Waals surface area contributed by atoms with Crippen molar-refractivity contribution in [1.82, 2.24) is 5.32 Å². The number of amides is 1. The predicted molar refractivity (Wildman–Crippen MR) is 76.7 cm³/mol. The lowest BCUT2D eigenvalue weighted by atomic mass is 9.89. The van der Waals surface area contributed by atoms with Crippen molar-refractivity contribution in [1.29, 1.82) is 0 Å². The van der Waals surface area contributed by atoms with Gasteiger partial charge in [-0.2, -0.15) is 0 Å². The molecule has 4 heteroatoms. The average Bonchev–Trinajstić information content (AvgIpc) is 2.24. The van der Waals surface area contributed by atoms with E-state index < -0.39 is 6.10 Å². The number of nitrogens with one attached hydrogen (secondary N) is 1. The number of hydrogen-bond acceptors (Lipinski definition) is 2. The Morgan fingerprint density at radius 2 is 2.06 bits per heavy atom. The third kappa shape index (κ3) is 4.10. The Hall–Kier alpha value is -0.870. The van der Waals surface area contributed by atoms with Crippen molar-refractivity contribution < 1.29 is 9.90 Å². The second-order valence-electron chi connectivity index (χ2n) is 5.55. The molecule has 1 aromatic rings. The zero-order valence-electron chi connectivity index (χ0n) is 11.2. The number of hydrogen-bond donors (Lipinski definition) is 2. The van der Waals surface area contributed by atoms with Crippen LogP contribution in [0.15, 0.2) is 22.7 Å². The first-order valence-electron chi connectivity index (χ1n) is 5.94. The van der Waals surface area contributed by atoms with Crippen molar-refractivity contribution in [3.63, 3.8) is 0 Å². The minimum atomic E-state index is -0.558. The fourth-order valence-corrected chi connectivity index (χ4v) is 1.95. The van der Waals surface area contributed by atoms with Crippen LogP contribution >= 0.6 is 15.9 Å². The molecule has 2 N–H and O–H groups in total. The average molecular weight is 314 g/mol. The van der Waals surface area contributed by atoms with Crippen molar-refractivity contribution in [2.75, 3.05) is 6.54 Å². The normalized spacial score (nSPS) is 13.2. The van der Waals surface area contributed by atoms with Gasteiger partial charge in [-0.3, -0.25) is 4.79 Å². The van der Waals surface area contributed by atoms with Crippen molar-refractivity contribution >= 4 is 21.8 Å². The summed E-state index contributed by atoms with van der Waals surface area (Å²) >= 11 is 3.36. The summed E-state index contributed by atoms with van der Waals surface area (Å²) < 4.78 is 0.950. The van der Waals surface area contributed by atoms with Crippen LogP contribution in [0.2, 0.25) is 0 Å². The van der Waals surface area contributed by atoms with Crippen molar-refractivity contribution in [3.05, 3.63) is 33.8 Å². The van der Waals surface area contributed by atoms with Gasteiger partial charge in [0.25, 0.3) is 5.91 Å². The highest BCUT2D eigenvalue weighted by atomic mass is 79.9. The Morgan fingerprint density at radius 3 is 2.56 bits per heavy atom. The van der Waals surface area contributed by atoms with Gasteiger partial charge >= 0.3 is 0 Å². The molecule has 0 spiro atoms. The van der Waals surface area contributed by atoms with Crippen molar-refractivity contribution in [3.8, 4) is 0 Å². The molecular formula is C14H20BrNO2. The van der Waals surface area contributed by atoms with E-state index in [1.807, 2.05) is 39.8 Å². The van der Waals surface area contributed by atoms with Gasteiger partial charge < -0.3 is 10.4 Å². The quantitative estimate of drug-likeness (QED) is 0.901. The Kier molecular flexibility index (Phi) is 4.93. The Balaban J connectivity index is 2.66. The number of rotatable bonds is 3. The van der Waals surface area contributed by atoms with Crippen LogP contribution in [0.4, 0.5) is 0 Å². The number of aryl methyl sites for hydroxylation is 1. The molecule has 0 fully saturated rings. The summed E-state index contributed by atoms with van der Waals surface area (Å²) in [5, 5.41) is 12.6. The molecule has 3 nitrogen and oxygen atoms in total. The molecule has 1 rings (SSSR count). The number of benzene rings is 1. The van der Waals surface area contributed by atoms with Crippen LogP contribution in [0, 0.1) is 12.3 Å². The van der Waals surface area contributed by atoms with Crippen LogP contribution in [-0.4, -0.2) is 23.7 Å². The first-order valence-corrected chi connectivity index (χ1v) is 6.73. The molecule has 0 saturated heterocycles. The SMILES string of the molecule is Cc1cc(Br)ccc1C(=O)NCC(O)C(C)(C)C. The van der Waals surface area contributed by atoms with Crippen LogP contribution in [0.5, 0.6) is 0 Å². The minimum absolute atomic E-state index is 0.150. The predicted octanol–water partition coefficient (Wildman–Crippen LogP) is 2.89. The number of aliphatic hydroxyl groups excluding tert-OH is 1. The van der Waals surface area contributed by atoms with E-state index in [9.17, 15) is 9.90 Å². The molecule has 0 radical (unpaired) electrons. The lowest BCUT2D eigenvalue weighted by Crippen LogP contribution is -2.39. The molecule has 1 amide bonds. The number of carbonyl (C=O) groups is 1. The van der Waals surface area contributed by atoms with Crippen molar-refractivity contribution in [2.24, 2.45) is 5.41 Å². The van der Waals surface area contributed by atoms with Gasteiger partial charge in [-0.1, -0.05) is 36.7 Å². The maximum Gasteiger partial charge on any atom is 0.251 e. The van der Waals surface area contributed by atoms with Crippen LogP contribution in [0.1, 0.15) is 36.7 Å². The zero-order valence-corrected chi connectivity index (χ0v) is 12.8. The Morgan fingerprint density at radius 1 is 1.44 bits per heavy atom. The smallest absolute Gasteiger partial charge is 0.251 e. The van der Waals surface area contributed by atoms with Gasteiger partial charge in [0.1, 0.15) is 0 Å². The molecule has 0 aliphatic carbocycles. The summed E-state index contributed by atoms with van der Waals surface area (Å²) in [7, 11) is 0. The molecule has 0 aromatic heterocycles. The maximum atomic E-state index is 12.0. The molecule has 0 heterocycles. The topological polar surface area (TPSA) is 49.3 Å². The van der Waals surface area contributed by atoms with Crippen LogP contribution in [-0.2, 0) is 0 Å². The van der Waals surface area contributed by atoms with Crippen molar-refractivity contribution in [2.45, 2.75) is 33.8 Å². The van der Waals surface area contributed by atoms with Gasteiger partial charge in [-0.05, 0) is 36.1 Å². The highest BCUT2D eigenvalue weighted by Crippen LogP contribution is 2.19. The third-order valence-electron chi connectivity index (χ3n) is 2.89.